The summed E-state index contributed by atoms with van der Waals surface area (Å²) in [6.45, 7) is 3.19. The van der Waals surface area contributed by atoms with Gasteiger partial charge in [0.05, 0.1) is 5.69 Å². The molecule has 0 saturated heterocycles. The van der Waals surface area contributed by atoms with E-state index in [9.17, 15) is 5.11 Å². The maximum absolute atomic E-state index is 9.98. The zero-order valence-electron chi connectivity index (χ0n) is 12.3. The van der Waals surface area contributed by atoms with Crippen molar-refractivity contribution in [1.82, 2.24) is 10.1 Å². The average molecular weight is 291 g/mol. The largest absolute Gasteiger partial charge is 0.491 e. The number of aromatic nitrogens is 1. The number of anilines is 1. The Kier molecular flexibility index (Phi) is 5.19. The molecule has 1 heterocycles. The molecule has 6 nitrogen and oxygen atoms in total. The summed E-state index contributed by atoms with van der Waals surface area (Å²) >= 11 is 0. The molecule has 21 heavy (non-hydrogen) atoms. The summed E-state index contributed by atoms with van der Waals surface area (Å²) in [4.78, 5) is 1.97. The van der Waals surface area contributed by atoms with E-state index in [1.807, 2.05) is 24.9 Å². The van der Waals surface area contributed by atoms with Gasteiger partial charge in [-0.25, -0.2) is 0 Å². The summed E-state index contributed by atoms with van der Waals surface area (Å²) in [5.41, 5.74) is 7.13. The highest BCUT2D eigenvalue weighted by Gasteiger charge is 2.11. The summed E-state index contributed by atoms with van der Waals surface area (Å²) in [6, 6.07) is 8.98. The zero-order chi connectivity index (χ0) is 15.2. The van der Waals surface area contributed by atoms with Crippen molar-refractivity contribution in [3.8, 4) is 5.75 Å². The van der Waals surface area contributed by atoms with Gasteiger partial charge in [-0.3, -0.25) is 4.90 Å². The molecular weight excluding hydrogens is 270 g/mol. The van der Waals surface area contributed by atoms with Crippen LogP contribution in [0.3, 0.4) is 0 Å². The number of aryl methyl sites for hydroxylation is 1. The standard InChI is InChI=1S/C15H21N3O3/c1-11-7-13(17-21-11)8-18(2)9-14(19)10-20-15-5-3-12(16)4-6-15/h3-7,14,19H,8-10,16H2,1-2H3. The first-order valence-electron chi connectivity index (χ1n) is 6.80. The van der Waals surface area contributed by atoms with Crippen LogP contribution >= 0.6 is 0 Å². The van der Waals surface area contributed by atoms with Crippen LogP contribution in [-0.2, 0) is 6.54 Å². The van der Waals surface area contributed by atoms with Gasteiger partial charge in [0.15, 0.2) is 0 Å². The molecule has 0 aliphatic heterocycles. The molecule has 1 unspecified atom stereocenters. The summed E-state index contributed by atoms with van der Waals surface area (Å²) in [7, 11) is 1.91. The van der Waals surface area contributed by atoms with Gasteiger partial charge in [-0.1, -0.05) is 5.16 Å². The van der Waals surface area contributed by atoms with Crippen LogP contribution in [0.2, 0.25) is 0 Å². The third-order valence-electron chi connectivity index (χ3n) is 2.95. The van der Waals surface area contributed by atoms with Crippen molar-refractivity contribution in [2.75, 3.05) is 25.9 Å². The zero-order valence-corrected chi connectivity index (χ0v) is 12.3. The van der Waals surface area contributed by atoms with Crippen LogP contribution in [0.25, 0.3) is 0 Å². The van der Waals surface area contributed by atoms with Crippen molar-refractivity contribution in [3.63, 3.8) is 0 Å². The van der Waals surface area contributed by atoms with Gasteiger partial charge in [0.25, 0.3) is 0 Å². The van der Waals surface area contributed by atoms with E-state index in [0.29, 0.717) is 24.5 Å². The molecule has 1 aromatic heterocycles. The molecule has 2 aromatic rings. The molecular formula is C15H21N3O3. The number of rotatable bonds is 7. The van der Waals surface area contributed by atoms with Crippen molar-refractivity contribution in [2.24, 2.45) is 0 Å². The Morgan fingerprint density at radius 1 is 1.38 bits per heavy atom. The molecule has 0 radical (unpaired) electrons. The lowest BCUT2D eigenvalue weighted by molar-refractivity contribution is 0.0738. The molecule has 1 aromatic carbocycles. The maximum atomic E-state index is 9.98. The molecule has 114 valence electrons. The van der Waals surface area contributed by atoms with Gasteiger partial charge in [-0.2, -0.15) is 0 Å². The van der Waals surface area contributed by atoms with Crippen molar-refractivity contribution in [2.45, 2.75) is 19.6 Å². The Labute approximate surface area is 124 Å². The van der Waals surface area contributed by atoms with Crippen LogP contribution in [0.4, 0.5) is 5.69 Å². The van der Waals surface area contributed by atoms with Gasteiger partial charge in [-0.15, -0.1) is 0 Å². The van der Waals surface area contributed by atoms with Crippen LogP contribution < -0.4 is 10.5 Å². The molecule has 0 amide bonds. The summed E-state index contributed by atoms with van der Waals surface area (Å²) < 4.78 is 10.5. The molecule has 0 aliphatic carbocycles. The molecule has 0 spiro atoms. The number of hydrogen-bond acceptors (Lipinski definition) is 6. The number of hydrogen-bond donors (Lipinski definition) is 2. The summed E-state index contributed by atoms with van der Waals surface area (Å²) in [6.07, 6.45) is -0.583. The third-order valence-corrected chi connectivity index (χ3v) is 2.95. The minimum absolute atomic E-state index is 0.228. The minimum Gasteiger partial charge on any atom is -0.491 e. The predicted octanol–water partition coefficient (Wildman–Crippen LogP) is 1.44. The number of nitrogens with zero attached hydrogens (tertiary/aromatic N) is 2. The second-order valence-corrected chi connectivity index (χ2v) is 5.16. The number of aliphatic hydroxyl groups is 1. The van der Waals surface area contributed by atoms with Crippen LogP contribution in [0, 0.1) is 6.92 Å². The van der Waals surface area contributed by atoms with Crippen LogP contribution in [0.15, 0.2) is 34.9 Å². The monoisotopic (exact) mass is 291 g/mol. The number of benzene rings is 1. The Bertz CT molecular complexity index is 554. The van der Waals surface area contributed by atoms with E-state index >= 15 is 0 Å². The predicted molar refractivity (Wildman–Crippen MR) is 79.9 cm³/mol. The Balaban J connectivity index is 1.73. The first kappa shape index (κ1) is 15.3. The SMILES string of the molecule is Cc1cc(CN(C)CC(O)COc2ccc(N)cc2)no1. The maximum Gasteiger partial charge on any atom is 0.133 e. The lowest BCUT2D eigenvalue weighted by Crippen LogP contribution is -2.32. The Hall–Kier alpha value is -2.05. The fourth-order valence-electron chi connectivity index (χ4n) is 2.00. The van der Waals surface area contributed by atoms with E-state index in [1.54, 1.807) is 24.3 Å². The molecule has 1 atom stereocenters. The van der Waals surface area contributed by atoms with E-state index in [1.165, 1.54) is 0 Å². The van der Waals surface area contributed by atoms with E-state index in [0.717, 1.165) is 11.5 Å². The smallest absolute Gasteiger partial charge is 0.133 e. The van der Waals surface area contributed by atoms with Crippen molar-refractivity contribution in [1.29, 1.82) is 0 Å². The molecule has 0 bridgehead atoms. The van der Waals surface area contributed by atoms with Gasteiger partial charge < -0.3 is 20.1 Å². The van der Waals surface area contributed by atoms with Gasteiger partial charge in [0, 0.05) is 24.8 Å². The second kappa shape index (κ2) is 7.10. The number of nitrogens with two attached hydrogens (primary N) is 1. The number of likely N-dealkylation sites (N-methyl/N-ethyl adjacent to an activating group) is 1. The molecule has 0 fully saturated rings. The Morgan fingerprint density at radius 3 is 2.71 bits per heavy atom. The van der Waals surface area contributed by atoms with E-state index < -0.39 is 6.10 Å². The van der Waals surface area contributed by atoms with E-state index in [4.69, 9.17) is 15.0 Å². The Morgan fingerprint density at radius 2 is 2.10 bits per heavy atom. The molecule has 0 aliphatic rings. The van der Waals surface area contributed by atoms with Gasteiger partial charge in [-0.05, 0) is 38.2 Å². The lowest BCUT2D eigenvalue weighted by Gasteiger charge is -2.19. The molecule has 2 rings (SSSR count). The van der Waals surface area contributed by atoms with Crippen LogP contribution in [-0.4, -0.2) is 41.5 Å². The average Bonchev–Trinajstić information content (AvgIpc) is 2.83. The number of aliphatic hydroxyl groups excluding tert-OH is 1. The van der Waals surface area contributed by atoms with E-state index in [-0.39, 0.29) is 6.61 Å². The fraction of sp³-hybridized carbons (Fsp3) is 0.400. The molecule has 0 saturated carbocycles. The highest BCUT2D eigenvalue weighted by atomic mass is 16.5. The van der Waals surface area contributed by atoms with Crippen molar-refractivity contribution < 1.29 is 14.4 Å². The van der Waals surface area contributed by atoms with Gasteiger partial charge in [0.1, 0.15) is 24.2 Å². The van der Waals surface area contributed by atoms with E-state index in [2.05, 4.69) is 5.16 Å². The first-order valence-corrected chi connectivity index (χ1v) is 6.80. The number of ether oxygens (including phenoxy) is 1. The topological polar surface area (TPSA) is 84.8 Å². The minimum atomic E-state index is -0.583. The van der Waals surface area contributed by atoms with Crippen LogP contribution in [0.5, 0.6) is 5.75 Å². The van der Waals surface area contributed by atoms with Gasteiger partial charge in [0.2, 0.25) is 0 Å². The molecule has 3 N–H and O–H groups in total. The van der Waals surface area contributed by atoms with Gasteiger partial charge >= 0.3 is 0 Å². The van der Waals surface area contributed by atoms with Crippen molar-refractivity contribution >= 4 is 5.69 Å². The quantitative estimate of drug-likeness (QED) is 0.751. The third kappa shape index (κ3) is 5.09. The summed E-state index contributed by atoms with van der Waals surface area (Å²) in [5.74, 6) is 1.48. The normalized spacial score (nSPS) is 12.6. The fourth-order valence-corrected chi connectivity index (χ4v) is 2.00. The second-order valence-electron chi connectivity index (χ2n) is 5.16. The molecule has 6 heteroatoms. The highest BCUT2D eigenvalue weighted by molar-refractivity contribution is 5.41. The lowest BCUT2D eigenvalue weighted by atomic mass is 10.3. The summed E-state index contributed by atoms with van der Waals surface area (Å²) in [5, 5.41) is 13.9. The van der Waals surface area contributed by atoms with Crippen LogP contribution in [0.1, 0.15) is 11.5 Å². The van der Waals surface area contributed by atoms with Crippen molar-refractivity contribution in [3.05, 3.63) is 41.8 Å². The highest BCUT2D eigenvalue weighted by Crippen LogP contribution is 2.13. The first-order chi connectivity index (χ1) is 10.0. The number of nitrogen functional groups attached to an aromatic ring is 1.